The van der Waals surface area contributed by atoms with E-state index in [9.17, 15) is 9.18 Å². The number of aryl methyl sites for hydroxylation is 2. The number of benzene rings is 2. The first-order valence-electron chi connectivity index (χ1n) is 8.28. The van der Waals surface area contributed by atoms with Crippen molar-refractivity contribution in [3.05, 3.63) is 89.5 Å². The smallest absolute Gasteiger partial charge is 0.226 e. The van der Waals surface area contributed by atoms with Crippen molar-refractivity contribution in [3.8, 4) is 0 Å². The molecular formula is C21H21FN2O. The highest BCUT2D eigenvalue weighted by molar-refractivity contribution is 5.92. The zero-order chi connectivity index (χ0) is 17.8. The minimum absolute atomic E-state index is 0.0874. The fourth-order valence-electron chi connectivity index (χ4n) is 2.97. The quantitative estimate of drug-likeness (QED) is 0.709. The molecule has 3 rings (SSSR count). The van der Waals surface area contributed by atoms with Crippen LogP contribution in [0.1, 0.15) is 29.2 Å². The molecule has 4 heteroatoms. The van der Waals surface area contributed by atoms with Crippen LogP contribution >= 0.6 is 0 Å². The second-order valence-electron chi connectivity index (χ2n) is 6.27. The molecule has 1 atom stereocenters. The number of hydrogen-bond donors (Lipinski definition) is 1. The van der Waals surface area contributed by atoms with Gasteiger partial charge in [-0.25, -0.2) is 4.39 Å². The van der Waals surface area contributed by atoms with Gasteiger partial charge in [0.15, 0.2) is 0 Å². The Bertz CT molecular complexity index is 871. The van der Waals surface area contributed by atoms with Gasteiger partial charge >= 0.3 is 0 Å². The molecule has 0 aliphatic carbocycles. The third-order valence-electron chi connectivity index (χ3n) is 4.26. The maximum absolute atomic E-state index is 13.2. The number of rotatable bonds is 5. The van der Waals surface area contributed by atoms with E-state index in [4.69, 9.17) is 0 Å². The highest BCUT2D eigenvalue weighted by Crippen LogP contribution is 2.24. The predicted molar refractivity (Wildman–Crippen MR) is 98.1 cm³/mol. The van der Waals surface area contributed by atoms with Crippen LogP contribution in [0.15, 0.2) is 67.0 Å². The van der Waals surface area contributed by atoms with E-state index in [1.807, 2.05) is 54.2 Å². The Kier molecular flexibility index (Phi) is 4.98. The van der Waals surface area contributed by atoms with Gasteiger partial charge in [-0.15, -0.1) is 0 Å². The lowest BCUT2D eigenvalue weighted by Crippen LogP contribution is -2.20. The molecule has 0 radical (unpaired) electrons. The maximum Gasteiger partial charge on any atom is 0.226 e. The highest BCUT2D eigenvalue weighted by Gasteiger charge is 2.18. The van der Waals surface area contributed by atoms with E-state index >= 15 is 0 Å². The number of hydrogen-bond acceptors (Lipinski definition) is 1. The number of nitrogens with one attached hydrogen (secondary N) is 1. The molecule has 0 spiro atoms. The van der Waals surface area contributed by atoms with E-state index in [2.05, 4.69) is 11.4 Å². The van der Waals surface area contributed by atoms with Gasteiger partial charge in [0.2, 0.25) is 5.91 Å². The Morgan fingerprint density at radius 3 is 2.52 bits per heavy atom. The highest BCUT2D eigenvalue weighted by atomic mass is 19.1. The molecule has 0 aliphatic heterocycles. The number of halogens is 1. The van der Waals surface area contributed by atoms with Gasteiger partial charge in [-0.3, -0.25) is 4.79 Å². The Labute approximate surface area is 147 Å². The molecule has 1 N–H and O–H groups in total. The largest absolute Gasteiger partial charge is 0.346 e. The molecule has 3 aromatic rings. The summed E-state index contributed by atoms with van der Waals surface area (Å²) in [5.74, 6) is -0.407. The summed E-state index contributed by atoms with van der Waals surface area (Å²) in [6, 6.07) is 16.4. The van der Waals surface area contributed by atoms with E-state index in [0.29, 0.717) is 17.7 Å². The monoisotopic (exact) mass is 336 g/mol. The Morgan fingerprint density at radius 1 is 1.08 bits per heavy atom. The molecule has 0 aliphatic rings. The van der Waals surface area contributed by atoms with Crippen LogP contribution in [0.5, 0.6) is 0 Å². The fourth-order valence-corrected chi connectivity index (χ4v) is 2.97. The molecular weight excluding hydrogens is 315 g/mol. The molecule has 3 nitrogen and oxygen atoms in total. The molecule has 128 valence electrons. The third-order valence-corrected chi connectivity index (χ3v) is 4.26. The lowest BCUT2D eigenvalue weighted by molar-refractivity contribution is -0.116. The van der Waals surface area contributed by atoms with Crippen molar-refractivity contribution >= 4 is 11.6 Å². The van der Waals surface area contributed by atoms with Crippen molar-refractivity contribution in [3.63, 3.8) is 0 Å². The summed E-state index contributed by atoms with van der Waals surface area (Å²) in [5.41, 5.74) is 3.59. The summed E-state index contributed by atoms with van der Waals surface area (Å²) in [4.78, 5) is 12.6. The lowest BCUT2D eigenvalue weighted by Gasteiger charge is -2.20. The van der Waals surface area contributed by atoms with Crippen molar-refractivity contribution in [2.45, 2.75) is 26.3 Å². The number of nitrogens with zero attached hydrogens (tertiary/aromatic N) is 1. The molecule has 1 aromatic heterocycles. The van der Waals surface area contributed by atoms with Crippen molar-refractivity contribution < 1.29 is 9.18 Å². The topological polar surface area (TPSA) is 34.0 Å². The molecule has 2 aromatic carbocycles. The number of carbonyl (C=O) groups excluding carboxylic acids is 1. The van der Waals surface area contributed by atoms with Gasteiger partial charge in [-0.05, 0) is 55.3 Å². The minimum Gasteiger partial charge on any atom is -0.346 e. The van der Waals surface area contributed by atoms with E-state index in [0.717, 1.165) is 11.1 Å². The minimum atomic E-state index is -0.305. The zero-order valence-electron chi connectivity index (χ0n) is 14.4. The van der Waals surface area contributed by atoms with Crippen LogP contribution < -0.4 is 5.32 Å². The second-order valence-corrected chi connectivity index (χ2v) is 6.27. The van der Waals surface area contributed by atoms with Gasteiger partial charge in [0.25, 0.3) is 0 Å². The Balaban J connectivity index is 1.82. The average molecular weight is 336 g/mol. The molecule has 0 fully saturated rings. The molecule has 1 heterocycles. The summed E-state index contributed by atoms with van der Waals surface area (Å²) >= 11 is 0. The lowest BCUT2D eigenvalue weighted by atomic mass is 10.0. The summed E-state index contributed by atoms with van der Waals surface area (Å²) in [5, 5.41) is 2.90. The van der Waals surface area contributed by atoms with Crippen LogP contribution in [0, 0.1) is 19.7 Å². The first-order valence-corrected chi connectivity index (χ1v) is 8.28. The molecule has 25 heavy (non-hydrogen) atoms. The maximum atomic E-state index is 13.2. The number of amides is 1. The fraction of sp³-hybridized carbons (Fsp3) is 0.190. The van der Waals surface area contributed by atoms with Crippen LogP contribution in [-0.4, -0.2) is 10.5 Å². The van der Waals surface area contributed by atoms with Gasteiger partial charge in [0.05, 0.1) is 12.5 Å². The van der Waals surface area contributed by atoms with Gasteiger partial charge in [-0.2, -0.15) is 0 Å². The first kappa shape index (κ1) is 17.0. The van der Waals surface area contributed by atoms with Gasteiger partial charge < -0.3 is 9.88 Å². The predicted octanol–water partition coefficient (Wildman–Crippen LogP) is 4.86. The van der Waals surface area contributed by atoms with Crippen molar-refractivity contribution in [2.75, 3.05) is 5.32 Å². The molecule has 0 saturated carbocycles. The van der Waals surface area contributed by atoms with Crippen molar-refractivity contribution in [1.29, 1.82) is 0 Å². The van der Waals surface area contributed by atoms with Crippen LogP contribution in [0.3, 0.4) is 0 Å². The van der Waals surface area contributed by atoms with Crippen LogP contribution in [-0.2, 0) is 4.79 Å². The molecule has 0 saturated heterocycles. The van der Waals surface area contributed by atoms with Crippen LogP contribution in [0.25, 0.3) is 0 Å². The normalized spacial score (nSPS) is 12.0. The zero-order valence-corrected chi connectivity index (χ0v) is 14.4. The van der Waals surface area contributed by atoms with E-state index in [1.54, 1.807) is 13.0 Å². The van der Waals surface area contributed by atoms with Crippen molar-refractivity contribution in [1.82, 2.24) is 4.57 Å². The van der Waals surface area contributed by atoms with E-state index in [1.165, 1.54) is 12.1 Å². The SMILES string of the molecule is Cc1cccc([C@@H](CC(=O)Nc2ccc(F)cc2C)n2cccc2)c1. The van der Waals surface area contributed by atoms with Gasteiger partial charge in [0.1, 0.15) is 5.82 Å². The number of carbonyl (C=O) groups is 1. The molecule has 1 amide bonds. The summed E-state index contributed by atoms with van der Waals surface area (Å²) < 4.78 is 15.3. The van der Waals surface area contributed by atoms with Crippen LogP contribution in [0.4, 0.5) is 10.1 Å². The summed E-state index contributed by atoms with van der Waals surface area (Å²) in [6.07, 6.45) is 4.22. The van der Waals surface area contributed by atoms with Crippen molar-refractivity contribution in [2.24, 2.45) is 0 Å². The Morgan fingerprint density at radius 2 is 1.84 bits per heavy atom. The van der Waals surface area contributed by atoms with Crippen LogP contribution in [0.2, 0.25) is 0 Å². The first-order chi connectivity index (χ1) is 12.0. The summed E-state index contributed by atoms with van der Waals surface area (Å²) in [7, 11) is 0. The van der Waals surface area contributed by atoms with E-state index in [-0.39, 0.29) is 17.8 Å². The Hall–Kier alpha value is -2.88. The second kappa shape index (κ2) is 7.34. The van der Waals surface area contributed by atoms with E-state index < -0.39 is 0 Å². The molecule has 0 unspecified atom stereocenters. The molecule has 0 bridgehead atoms. The number of anilines is 1. The average Bonchev–Trinajstić information content (AvgIpc) is 3.09. The van der Waals surface area contributed by atoms with Gasteiger partial charge in [-0.1, -0.05) is 29.8 Å². The third kappa shape index (κ3) is 4.15. The standard InChI is InChI=1S/C21H21FN2O/c1-15-6-5-7-17(12-15)20(24-10-3-4-11-24)14-21(25)23-19-9-8-18(22)13-16(19)2/h3-13,20H,14H2,1-2H3,(H,23,25)/t20-/m1/s1. The van der Waals surface area contributed by atoms with Gasteiger partial charge in [0, 0.05) is 18.1 Å². The summed E-state index contributed by atoms with van der Waals surface area (Å²) in [6.45, 7) is 3.82. The number of aromatic nitrogens is 1.